The average Bonchev–Trinajstić information content (AvgIpc) is 2.82. The van der Waals surface area contributed by atoms with Crippen LogP contribution >= 0.6 is 11.3 Å². The van der Waals surface area contributed by atoms with Gasteiger partial charge in [-0.15, -0.1) is 11.3 Å². The molecule has 0 saturated heterocycles. The van der Waals surface area contributed by atoms with Crippen molar-refractivity contribution in [3.8, 4) is 6.07 Å². The number of nitriles is 1. The minimum Gasteiger partial charge on any atom is -0.250 e. The molecule has 0 amide bonds. The molecule has 98 valence electrons. The van der Waals surface area contributed by atoms with Crippen molar-refractivity contribution >= 4 is 21.4 Å². The lowest BCUT2D eigenvalue weighted by Gasteiger charge is -2.05. The monoisotopic (exact) mass is 293 g/mol. The van der Waals surface area contributed by atoms with Crippen LogP contribution in [0, 0.1) is 18.3 Å². The number of hydrogen-bond donors (Lipinski definition) is 1. The standard InChI is InChI=1S/C12H11N3O2S2/c1-9-14-7-11(18-9)8-15-19(16,17)12-4-2-10(6-13)3-5-12/h2-5,7,15H,8H2,1H3. The number of benzene rings is 1. The van der Waals surface area contributed by atoms with Gasteiger partial charge in [0.15, 0.2) is 0 Å². The SMILES string of the molecule is Cc1ncc(CNS(=O)(=O)c2ccc(C#N)cc2)s1. The summed E-state index contributed by atoms with van der Waals surface area (Å²) in [5, 5.41) is 9.56. The zero-order valence-corrected chi connectivity index (χ0v) is 11.8. The quantitative estimate of drug-likeness (QED) is 0.931. The predicted molar refractivity (Wildman–Crippen MR) is 72.0 cm³/mol. The van der Waals surface area contributed by atoms with E-state index >= 15 is 0 Å². The molecule has 0 atom stereocenters. The molecule has 0 fully saturated rings. The molecule has 0 radical (unpaired) electrons. The number of hydrogen-bond acceptors (Lipinski definition) is 5. The Hall–Kier alpha value is -1.75. The summed E-state index contributed by atoms with van der Waals surface area (Å²) in [6.45, 7) is 2.08. The summed E-state index contributed by atoms with van der Waals surface area (Å²) >= 11 is 1.45. The van der Waals surface area contributed by atoms with Crippen molar-refractivity contribution in [2.24, 2.45) is 0 Å². The van der Waals surface area contributed by atoms with Gasteiger partial charge in [0.05, 0.1) is 21.5 Å². The second-order valence-electron chi connectivity index (χ2n) is 3.81. The zero-order chi connectivity index (χ0) is 13.9. The van der Waals surface area contributed by atoms with Crippen molar-refractivity contribution in [3.63, 3.8) is 0 Å². The summed E-state index contributed by atoms with van der Waals surface area (Å²) in [5.41, 5.74) is 0.428. The van der Waals surface area contributed by atoms with Gasteiger partial charge >= 0.3 is 0 Å². The maximum atomic E-state index is 12.0. The van der Waals surface area contributed by atoms with E-state index in [-0.39, 0.29) is 11.4 Å². The molecule has 1 aromatic heterocycles. The van der Waals surface area contributed by atoms with E-state index in [1.54, 1.807) is 6.20 Å². The largest absolute Gasteiger partial charge is 0.250 e. The Bertz CT molecular complexity index is 712. The second-order valence-corrected chi connectivity index (χ2v) is 6.89. The highest BCUT2D eigenvalue weighted by atomic mass is 32.2. The normalized spacial score (nSPS) is 11.2. The molecule has 0 aliphatic heterocycles. The van der Waals surface area contributed by atoms with E-state index in [0.717, 1.165) is 9.88 Å². The molecule has 19 heavy (non-hydrogen) atoms. The van der Waals surface area contributed by atoms with Crippen molar-refractivity contribution in [1.29, 1.82) is 5.26 Å². The van der Waals surface area contributed by atoms with E-state index < -0.39 is 10.0 Å². The van der Waals surface area contributed by atoms with Crippen LogP contribution in [0.15, 0.2) is 35.4 Å². The first-order valence-electron chi connectivity index (χ1n) is 5.42. The molecule has 2 aromatic rings. The summed E-state index contributed by atoms with van der Waals surface area (Å²) in [5.74, 6) is 0. The van der Waals surface area contributed by atoms with Crippen molar-refractivity contribution in [3.05, 3.63) is 45.9 Å². The van der Waals surface area contributed by atoms with Crippen molar-refractivity contribution in [2.45, 2.75) is 18.4 Å². The molecule has 7 heteroatoms. The minimum atomic E-state index is -3.55. The Kier molecular flexibility index (Phi) is 3.95. The van der Waals surface area contributed by atoms with E-state index in [2.05, 4.69) is 9.71 Å². The van der Waals surface area contributed by atoms with E-state index in [1.807, 2.05) is 13.0 Å². The molecule has 1 aromatic carbocycles. The van der Waals surface area contributed by atoms with Crippen LogP contribution in [-0.2, 0) is 16.6 Å². The highest BCUT2D eigenvalue weighted by Crippen LogP contribution is 2.14. The molecule has 2 rings (SSSR count). The maximum Gasteiger partial charge on any atom is 0.240 e. The molecular weight excluding hydrogens is 282 g/mol. The highest BCUT2D eigenvalue weighted by molar-refractivity contribution is 7.89. The van der Waals surface area contributed by atoms with Gasteiger partial charge in [0, 0.05) is 17.6 Å². The van der Waals surface area contributed by atoms with Crippen LogP contribution in [0.5, 0.6) is 0 Å². The Balaban J connectivity index is 2.11. The third-order valence-corrected chi connectivity index (χ3v) is 4.73. The molecule has 0 spiro atoms. The lowest BCUT2D eigenvalue weighted by Crippen LogP contribution is -2.22. The molecule has 0 aliphatic carbocycles. The van der Waals surface area contributed by atoms with Gasteiger partial charge in [-0.3, -0.25) is 0 Å². The van der Waals surface area contributed by atoms with Crippen molar-refractivity contribution in [1.82, 2.24) is 9.71 Å². The number of sulfonamides is 1. The molecule has 0 saturated carbocycles. The first kappa shape index (κ1) is 13.7. The third kappa shape index (κ3) is 3.38. The summed E-state index contributed by atoms with van der Waals surface area (Å²) in [6.07, 6.45) is 1.65. The van der Waals surface area contributed by atoms with E-state index in [0.29, 0.717) is 5.56 Å². The van der Waals surface area contributed by atoms with E-state index in [9.17, 15) is 8.42 Å². The zero-order valence-electron chi connectivity index (χ0n) is 10.1. The number of aryl methyl sites for hydroxylation is 1. The fourth-order valence-corrected chi connectivity index (χ4v) is 3.28. The second kappa shape index (κ2) is 5.48. The Labute approximate surface area is 115 Å². The Morgan fingerprint density at radius 3 is 2.58 bits per heavy atom. The Morgan fingerprint density at radius 1 is 1.37 bits per heavy atom. The third-order valence-electron chi connectivity index (χ3n) is 2.40. The number of nitrogens with one attached hydrogen (secondary N) is 1. The maximum absolute atomic E-state index is 12.0. The van der Waals surface area contributed by atoms with Gasteiger partial charge in [0.25, 0.3) is 0 Å². The van der Waals surface area contributed by atoms with Gasteiger partial charge in [-0.2, -0.15) is 5.26 Å². The first-order valence-corrected chi connectivity index (χ1v) is 7.72. The molecule has 5 nitrogen and oxygen atoms in total. The summed E-state index contributed by atoms with van der Waals surface area (Å²) in [6, 6.07) is 7.73. The van der Waals surface area contributed by atoms with Crippen LogP contribution in [0.2, 0.25) is 0 Å². The topological polar surface area (TPSA) is 82.8 Å². The van der Waals surface area contributed by atoms with Crippen LogP contribution < -0.4 is 4.72 Å². The molecule has 1 heterocycles. The lowest BCUT2D eigenvalue weighted by molar-refractivity contribution is 0.582. The number of rotatable bonds is 4. The van der Waals surface area contributed by atoms with Crippen molar-refractivity contribution in [2.75, 3.05) is 0 Å². The van der Waals surface area contributed by atoms with E-state index in [4.69, 9.17) is 5.26 Å². The average molecular weight is 293 g/mol. The molecule has 1 N–H and O–H groups in total. The fraction of sp³-hybridized carbons (Fsp3) is 0.167. The van der Waals surface area contributed by atoms with Crippen LogP contribution in [0.4, 0.5) is 0 Å². The minimum absolute atomic E-state index is 0.146. The summed E-state index contributed by atoms with van der Waals surface area (Å²) in [4.78, 5) is 5.06. The van der Waals surface area contributed by atoms with E-state index in [1.165, 1.54) is 35.6 Å². The number of thiazole rings is 1. The molecule has 0 unspecified atom stereocenters. The van der Waals surface area contributed by atoms with Crippen molar-refractivity contribution < 1.29 is 8.42 Å². The smallest absolute Gasteiger partial charge is 0.240 e. The van der Waals surface area contributed by atoms with Crippen LogP contribution in [0.1, 0.15) is 15.4 Å². The van der Waals surface area contributed by atoms with Gasteiger partial charge in [0.2, 0.25) is 10.0 Å². The van der Waals surface area contributed by atoms with Crippen LogP contribution in [-0.4, -0.2) is 13.4 Å². The highest BCUT2D eigenvalue weighted by Gasteiger charge is 2.14. The van der Waals surface area contributed by atoms with Gasteiger partial charge in [0.1, 0.15) is 0 Å². The lowest BCUT2D eigenvalue weighted by atomic mass is 10.2. The van der Waals surface area contributed by atoms with Gasteiger partial charge < -0.3 is 0 Å². The molecule has 0 aliphatic rings. The number of nitrogens with zero attached hydrogens (tertiary/aromatic N) is 2. The predicted octanol–water partition coefficient (Wildman–Crippen LogP) is 1.80. The first-order chi connectivity index (χ1) is 9.01. The molecule has 0 bridgehead atoms. The van der Waals surface area contributed by atoms with Gasteiger partial charge in [-0.05, 0) is 31.2 Å². The summed E-state index contributed by atoms with van der Waals surface area (Å²) in [7, 11) is -3.55. The molecular formula is C12H11N3O2S2. The summed E-state index contributed by atoms with van der Waals surface area (Å²) < 4.78 is 26.5. The van der Waals surface area contributed by atoms with Crippen LogP contribution in [0.25, 0.3) is 0 Å². The van der Waals surface area contributed by atoms with Gasteiger partial charge in [-0.1, -0.05) is 0 Å². The van der Waals surface area contributed by atoms with Gasteiger partial charge in [-0.25, -0.2) is 18.1 Å². The fourth-order valence-electron chi connectivity index (χ4n) is 1.45. The Morgan fingerprint density at radius 2 is 2.05 bits per heavy atom. The number of aromatic nitrogens is 1. The van der Waals surface area contributed by atoms with Crippen LogP contribution in [0.3, 0.4) is 0 Å².